The maximum absolute atomic E-state index is 10.6. The highest BCUT2D eigenvalue weighted by Gasteiger charge is 2.01. The first-order valence-corrected chi connectivity index (χ1v) is 5.07. The average Bonchev–Trinajstić information content (AvgIpc) is 2.39. The van der Waals surface area contributed by atoms with Gasteiger partial charge >= 0.3 is 0 Å². The molecule has 0 unspecified atom stereocenters. The van der Waals surface area contributed by atoms with E-state index in [0.717, 1.165) is 0 Å². The van der Waals surface area contributed by atoms with Gasteiger partial charge in [-0.2, -0.15) is 0 Å². The number of nitrogens with zero attached hydrogens (tertiary/aromatic N) is 1. The zero-order valence-corrected chi connectivity index (χ0v) is 9.12. The molecule has 0 N–H and O–H groups in total. The number of aromatic nitrogens is 1. The van der Waals surface area contributed by atoms with E-state index in [4.69, 9.17) is 0 Å². The van der Waals surface area contributed by atoms with E-state index in [1.807, 2.05) is 0 Å². The number of carboxylic acids is 2. The van der Waals surface area contributed by atoms with Crippen molar-refractivity contribution in [2.75, 3.05) is 0 Å². The number of benzene rings is 1. The molecule has 0 bridgehead atoms. The van der Waals surface area contributed by atoms with Gasteiger partial charge in [0.1, 0.15) is 0 Å². The van der Waals surface area contributed by atoms with Gasteiger partial charge in [0.15, 0.2) is 0 Å². The molecule has 0 amide bonds. The number of carbonyl (C=O) groups is 2. The summed E-state index contributed by atoms with van der Waals surface area (Å²) >= 11 is 0. The van der Waals surface area contributed by atoms with Crippen LogP contribution in [0.2, 0.25) is 0 Å². The summed E-state index contributed by atoms with van der Waals surface area (Å²) in [5, 5.41) is 21.1. The van der Waals surface area contributed by atoms with Crippen molar-refractivity contribution in [1.29, 1.82) is 0 Å². The van der Waals surface area contributed by atoms with Crippen LogP contribution >= 0.6 is 0 Å². The molecule has 0 saturated heterocycles. The highest BCUT2D eigenvalue weighted by atomic mass is 16.4. The smallest absolute Gasteiger partial charge is 0.0730 e. The summed E-state index contributed by atoms with van der Waals surface area (Å²) in [5.74, 6) is -2.54. The van der Waals surface area contributed by atoms with Gasteiger partial charge in [0.05, 0.1) is 17.6 Å². The predicted octanol–water partition coefficient (Wildman–Crippen LogP) is -0.524. The molecule has 0 spiro atoms. The third-order valence-corrected chi connectivity index (χ3v) is 2.42. The van der Waals surface area contributed by atoms with E-state index in [9.17, 15) is 19.8 Å². The first-order chi connectivity index (χ1) is 8.58. The van der Waals surface area contributed by atoms with Crippen LogP contribution in [0.5, 0.6) is 0 Å². The van der Waals surface area contributed by atoms with E-state index in [0.29, 0.717) is 11.3 Å². The van der Waals surface area contributed by atoms with Crippen LogP contribution < -0.4 is 10.2 Å². The first kappa shape index (κ1) is 11.8. The number of pyridine rings is 1. The van der Waals surface area contributed by atoms with Crippen molar-refractivity contribution < 1.29 is 19.8 Å². The van der Waals surface area contributed by atoms with Crippen molar-refractivity contribution in [2.24, 2.45) is 0 Å². The highest BCUT2D eigenvalue weighted by Crippen LogP contribution is 2.17. The largest absolute Gasteiger partial charge is 0.545 e. The molecule has 5 heteroatoms. The van der Waals surface area contributed by atoms with Crippen LogP contribution in [0.1, 0.15) is 20.7 Å². The molecule has 0 radical (unpaired) electrons. The fourth-order valence-electron chi connectivity index (χ4n) is 1.46. The van der Waals surface area contributed by atoms with Crippen molar-refractivity contribution in [3.8, 4) is 11.3 Å². The standard InChI is InChI=1S/C13H9NO4/c15-12(16)9-3-1-8(2-4-9)11-6-5-10(7-14-11)13(17)18/h1-7H,(H,15,16)(H,17,18)/p-2. The van der Waals surface area contributed by atoms with E-state index in [2.05, 4.69) is 4.98 Å². The van der Waals surface area contributed by atoms with E-state index < -0.39 is 11.9 Å². The molecule has 0 aliphatic heterocycles. The Kier molecular flexibility index (Phi) is 3.05. The number of rotatable bonds is 3. The minimum atomic E-state index is -1.29. The summed E-state index contributed by atoms with van der Waals surface area (Å²) < 4.78 is 0. The SMILES string of the molecule is O=C([O-])c1ccc(-c2ccc(C(=O)[O-])cn2)cc1. The van der Waals surface area contributed by atoms with Crippen molar-refractivity contribution in [2.45, 2.75) is 0 Å². The minimum Gasteiger partial charge on any atom is -0.545 e. The Hall–Kier alpha value is -2.69. The van der Waals surface area contributed by atoms with Crippen molar-refractivity contribution >= 4 is 11.9 Å². The summed E-state index contributed by atoms with van der Waals surface area (Å²) in [6.45, 7) is 0. The van der Waals surface area contributed by atoms with Gasteiger partial charge in [0.2, 0.25) is 0 Å². The van der Waals surface area contributed by atoms with Gasteiger partial charge in [-0.1, -0.05) is 24.3 Å². The Balaban J connectivity index is 2.31. The summed E-state index contributed by atoms with van der Waals surface area (Å²) in [6.07, 6.45) is 1.19. The van der Waals surface area contributed by atoms with E-state index in [1.54, 1.807) is 12.1 Å². The van der Waals surface area contributed by atoms with E-state index in [1.165, 1.54) is 30.5 Å². The number of carboxylic acid groups (broad SMARTS) is 2. The number of hydrogen-bond donors (Lipinski definition) is 0. The topological polar surface area (TPSA) is 93.1 Å². The van der Waals surface area contributed by atoms with Crippen LogP contribution in [0.15, 0.2) is 42.6 Å². The molecule has 1 aromatic carbocycles. The molecular formula is C13H7NO4-2. The van der Waals surface area contributed by atoms with E-state index in [-0.39, 0.29) is 11.1 Å². The van der Waals surface area contributed by atoms with Crippen molar-refractivity contribution in [1.82, 2.24) is 4.98 Å². The third kappa shape index (κ3) is 2.35. The van der Waals surface area contributed by atoms with Crippen LogP contribution in [0.4, 0.5) is 0 Å². The summed E-state index contributed by atoms with van der Waals surface area (Å²) in [4.78, 5) is 25.1. The number of carbonyl (C=O) groups excluding carboxylic acids is 2. The molecule has 1 heterocycles. The van der Waals surface area contributed by atoms with Crippen molar-refractivity contribution in [3.05, 3.63) is 53.7 Å². The van der Waals surface area contributed by atoms with Gasteiger partial charge in [0.25, 0.3) is 0 Å². The lowest BCUT2D eigenvalue weighted by Gasteiger charge is -2.06. The fourth-order valence-corrected chi connectivity index (χ4v) is 1.46. The molecule has 5 nitrogen and oxygen atoms in total. The molecule has 2 aromatic rings. The van der Waals surface area contributed by atoms with E-state index >= 15 is 0 Å². The molecule has 90 valence electrons. The molecule has 0 aliphatic rings. The Morgan fingerprint density at radius 2 is 1.39 bits per heavy atom. The van der Waals surface area contributed by atoms with Gasteiger partial charge in [-0.05, 0) is 17.7 Å². The maximum Gasteiger partial charge on any atom is 0.0730 e. The Bertz CT molecular complexity index is 532. The Morgan fingerprint density at radius 1 is 0.833 bits per heavy atom. The molecule has 2 rings (SSSR count). The average molecular weight is 241 g/mol. The zero-order chi connectivity index (χ0) is 13.1. The normalized spacial score (nSPS) is 10.0. The quantitative estimate of drug-likeness (QED) is 0.720. The first-order valence-electron chi connectivity index (χ1n) is 5.07. The third-order valence-electron chi connectivity index (χ3n) is 2.42. The molecule has 0 fully saturated rings. The molecule has 1 aromatic heterocycles. The molecule has 18 heavy (non-hydrogen) atoms. The lowest BCUT2D eigenvalue weighted by atomic mass is 10.1. The van der Waals surface area contributed by atoms with Crippen molar-refractivity contribution in [3.63, 3.8) is 0 Å². The van der Waals surface area contributed by atoms with Gasteiger partial charge in [-0.3, -0.25) is 4.98 Å². The van der Waals surface area contributed by atoms with Crippen LogP contribution in [0, 0.1) is 0 Å². The number of aromatic carboxylic acids is 2. The van der Waals surface area contributed by atoms with Crippen LogP contribution in [-0.4, -0.2) is 16.9 Å². The number of hydrogen-bond acceptors (Lipinski definition) is 5. The maximum atomic E-state index is 10.6. The van der Waals surface area contributed by atoms with Crippen LogP contribution in [0.25, 0.3) is 11.3 Å². The summed E-state index contributed by atoms with van der Waals surface area (Å²) in [7, 11) is 0. The summed E-state index contributed by atoms with van der Waals surface area (Å²) in [5.41, 5.74) is 1.30. The lowest BCUT2D eigenvalue weighted by Crippen LogP contribution is -2.22. The second-order valence-corrected chi connectivity index (χ2v) is 3.58. The molecule has 0 atom stereocenters. The molecule has 0 saturated carbocycles. The monoisotopic (exact) mass is 241 g/mol. The van der Waals surface area contributed by atoms with Gasteiger partial charge in [-0.25, -0.2) is 0 Å². The fraction of sp³-hybridized carbons (Fsp3) is 0. The zero-order valence-electron chi connectivity index (χ0n) is 9.12. The summed E-state index contributed by atoms with van der Waals surface area (Å²) in [6, 6.07) is 8.86. The second kappa shape index (κ2) is 4.67. The highest BCUT2D eigenvalue weighted by molar-refractivity contribution is 5.87. The van der Waals surface area contributed by atoms with Crippen LogP contribution in [-0.2, 0) is 0 Å². The Morgan fingerprint density at radius 3 is 1.83 bits per heavy atom. The predicted molar refractivity (Wildman–Crippen MR) is 58.3 cm³/mol. The lowest BCUT2D eigenvalue weighted by molar-refractivity contribution is -0.256. The molecule has 0 aliphatic carbocycles. The van der Waals surface area contributed by atoms with Gasteiger partial charge in [0, 0.05) is 17.3 Å². The Labute approximate surface area is 102 Å². The minimum absolute atomic E-state index is 0.00916. The molecular weight excluding hydrogens is 234 g/mol. The van der Waals surface area contributed by atoms with Crippen LogP contribution in [0.3, 0.4) is 0 Å². The van der Waals surface area contributed by atoms with Gasteiger partial charge < -0.3 is 19.8 Å². The second-order valence-electron chi connectivity index (χ2n) is 3.58. The van der Waals surface area contributed by atoms with Gasteiger partial charge in [-0.15, -0.1) is 0 Å².